The van der Waals surface area contributed by atoms with Crippen LogP contribution in [0.15, 0.2) is 52.3 Å². The summed E-state index contributed by atoms with van der Waals surface area (Å²) >= 11 is 0. The number of allylic oxidation sites excluding steroid dienone is 4. The molecular formula is C24H34N4O4. The number of aliphatic imine (C=N–C) groups is 1. The average Bonchev–Trinajstić information content (AvgIpc) is 3.03. The van der Waals surface area contributed by atoms with Gasteiger partial charge in [0.1, 0.15) is 12.4 Å². The Morgan fingerprint density at radius 3 is 2.72 bits per heavy atom. The average molecular weight is 443 g/mol. The topological polar surface area (TPSA) is 117 Å². The molecule has 8 nitrogen and oxygen atoms in total. The Kier molecular flexibility index (Phi) is 8.14. The fraction of sp³-hybridized carbons (Fsp3) is 0.542. The summed E-state index contributed by atoms with van der Waals surface area (Å²) in [6.45, 7) is 0.796. The number of amides is 1. The van der Waals surface area contributed by atoms with Gasteiger partial charge in [-0.3, -0.25) is 14.6 Å². The molecule has 0 aromatic carbocycles. The zero-order valence-electron chi connectivity index (χ0n) is 18.9. The minimum absolute atomic E-state index is 0.127. The summed E-state index contributed by atoms with van der Waals surface area (Å²) in [5.74, 6) is 0.689. The van der Waals surface area contributed by atoms with E-state index in [4.69, 9.17) is 15.6 Å². The predicted molar refractivity (Wildman–Crippen MR) is 124 cm³/mol. The minimum atomic E-state index is -0.709. The molecular weight excluding hydrogens is 408 g/mol. The molecule has 1 atom stereocenters. The largest absolute Gasteiger partial charge is 0.481 e. The lowest BCUT2D eigenvalue weighted by molar-refractivity contribution is -0.138. The summed E-state index contributed by atoms with van der Waals surface area (Å²) in [6, 6.07) is -0.206. The number of carbonyl (C=O) groups excluding carboxylic acids is 1. The zero-order valence-corrected chi connectivity index (χ0v) is 18.9. The lowest BCUT2D eigenvalue weighted by atomic mass is 9.77. The Bertz CT molecular complexity index is 863. The van der Waals surface area contributed by atoms with E-state index in [2.05, 4.69) is 28.5 Å². The van der Waals surface area contributed by atoms with Crippen LogP contribution in [0.1, 0.15) is 38.5 Å². The van der Waals surface area contributed by atoms with Crippen molar-refractivity contribution in [2.24, 2.45) is 22.6 Å². The van der Waals surface area contributed by atoms with Gasteiger partial charge in [-0.25, -0.2) is 0 Å². The van der Waals surface area contributed by atoms with Gasteiger partial charge in [-0.2, -0.15) is 0 Å². The predicted octanol–water partition coefficient (Wildman–Crippen LogP) is 2.36. The maximum Gasteiger partial charge on any atom is 0.303 e. The molecule has 1 saturated heterocycles. The Balaban J connectivity index is 1.71. The van der Waals surface area contributed by atoms with Crippen molar-refractivity contribution in [2.75, 3.05) is 27.2 Å². The summed E-state index contributed by atoms with van der Waals surface area (Å²) in [7, 11) is 3.33. The van der Waals surface area contributed by atoms with Crippen LogP contribution in [0.2, 0.25) is 0 Å². The van der Waals surface area contributed by atoms with Gasteiger partial charge in [-0.15, -0.1) is 0 Å². The number of nitrogens with zero attached hydrogens (tertiary/aromatic N) is 2. The van der Waals surface area contributed by atoms with Crippen LogP contribution in [-0.2, 0) is 14.3 Å². The molecule has 1 unspecified atom stereocenters. The second kappa shape index (κ2) is 11.0. The summed E-state index contributed by atoms with van der Waals surface area (Å²) in [5.41, 5.74) is 7.77. The van der Waals surface area contributed by atoms with E-state index in [-0.39, 0.29) is 30.7 Å². The lowest BCUT2D eigenvalue weighted by Crippen LogP contribution is -2.44. The maximum atomic E-state index is 13.4. The van der Waals surface area contributed by atoms with E-state index in [1.807, 2.05) is 12.2 Å². The van der Waals surface area contributed by atoms with Crippen LogP contribution in [0.5, 0.6) is 0 Å². The van der Waals surface area contributed by atoms with Crippen LogP contribution in [0, 0.1) is 11.8 Å². The Morgan fingerprint density at radius 2 is 2.06 bits per heavy atom. The van der Waals surface area contributed by atoms with Crippen molar-refractivity contribution in [2.45, 2.75) is 44.6 Å². The maximum absolute atomic E-state index is 13.4. The Labute approximate surface area is 189 Å². The number of carboxylic acids is 1. The number of nitrogens with two attached hydrogens (primary N) is 1. The third-order valence-electron chi connectivity index (χ3n) is 6.52. The molecule has 0 spiro atoms. The summed E-state index contributed by atoms with van der Waals surface area (Å²) < 4.78 is 5.75. The minimum Gasteiger partial charge on any atom is -0.481 e. The Morgan fingerprint density at radius 1 is 1.31 bits per heavy atom. The van der Waals surface area contributed by atoms with E-state index in [0.29, 0.717) is 36.4 Å². The number of ether oxygens (including phenoxy) is 1. The van der Waals surface area contributed by atoms with E-state index in [1.54, 1.807) is 19.0 Å². The van der Waals surface area contributed by atoms with E-state index >= 15 is 0 Å². The lowest BCUT2D eigenvalue weighted by Gasteiger charge is -2.31. The first kappa shape index (κ1) is 23.6. The number of rotatable bonds is 5. The molecule has 1 saturated carbocycles. The van der Waals surface area contributed by atoms with Crippen molar-refractivity contribution in [3.8, 4) is 0 Å². The molecule has 1 heterocycles. The van der Waals surface area contributed by atoms with E-state index in [9.17, 15) is 9.59 Å². The van der Waals surface area contributed by atoms with E-state index in [1.165, 1.54) is 5.57 Å². The van der Waals surface area contributed by atoms with Gasteiger partial charge >= 0.3 is 5.97 Å². The molecule has 0 radical (unpaired) electrons. The van der Waals surface area contributed by atoms with Crippen molar-refractivity contribution >= 4 is 17.8 Å². The third kappa shape index (κ3) is 5.81. The van der Waals surface area contributed by atoms with Gasteiger partial charge < -0.3 is 25.8 Å². The molecule has 0 aromatic heterocycles. The van der Waals surface area contributed by atoms with Gasteiger partial charge in [0.05, 0.1) is 24.6 Å². The highest BCUT2D eigenvalue weighted by Crippen LogP contribution is 2.36. The van der Waals surface area contributed by atoms with Crippen LogP contribution >= 0.6 is 0 Å². The second-order valence-corrected chi connectivity index (χ2v) is 8.50. The van der Waals surface area contributed by atoms with Gasteiger partial charge in [0.15, 0.2) is 5.90 Å². The highest BCUT2D eigenvalue weighted by Gasteiger charge is 2.30. The standard InChI is InChI=1S/C24H34N4O4/c1-26-21-15-20(23(25)27-2)24(31)28(12-13-32-21)19-5-3-4-17(10-11-19)18-8-6-16(7-9-18)14-22(29)30/h3-5,10-11,16,18-19,27H,6-9,12-15,25H2,1-2H3,(H,29,30)/b23-20+,26-21?. The van der Waals surface area contributed by atoms with Crippen molar-refractivity contribution < 1.29 is 19.4 Å². The first-order chi connectivity index (χ1) is 15.4. The molecule has 3 rings (SSSR count). The first-order valence-electron chi connectivity index (χ1n) is 11.3. The van der Waals surface area contributed by atoms with Crippen LogP contribution in [0.3, 0.4) is 0 Å². The van der Waals surface area contributed by atoms with Crippen LogP contribution < -0.4 is 11.1 Å². The molecule has 1 amide bonds. The van der Waals surface area contributed by atoms with Crippen molar-refractivity contribution in [3.63, 3.8) is 0 Å². The van der Waals surface area contributed by atoms with Gasteiger partial charge in [-0.05, 0) is 43.1 Å². The first-order valence-corrected chi connectivity index (χ1v) is 11.3. The highest BCUT2D eigenvalue weighted by atomic mass is 16.5. The number of aliphatic carboxylic acids is 1. The van der Waals surface area contributed by atoms with Crippen LogP contribution in [-0.4, -0.2) is 61.1 Å². The van der Waals surface area contributed by atoms with Crippen molar-refractivity contribution in [1.82, 2.24) is 10.2 Å². The normalized spacial score (nSPS) is 29.5. The zero-order chi connectivity index (χ0) is 23.1. The third-order valence-corrected chi connectivity index (χ3v) is 6.52. The smallest absolute Gasteiger partial charge is 0.303 e. The molecule has 32 heavy (non-hydrogen) atoms. The van der Waals surface area contributed by atoms with Gasteiger partial charge in [0.25, 0.3) is 5.91 Å². The molecule has 4 N–H and O–H groups in total. The number of carbonyl (C=O) groups is 2. The van der Waals surface area contributed by atoms with Gasteiger partial charge in [0, 0.05) is 20.5 Å². The number of hydrogen-bond acceptors (Lipinski definition) is 6. The summed E-state index contributed by atoms with van der Waals surface area (Å²) in [6.07, 6.45) is 14.7. The van der Waals surface area contributed by atoms with E-state index < -0.39 is 5.97 Å². The molecule has 0 aromatic rings. The SMILES string of the molecule is CN=C1C/C(=C(/N)NC)C(=O)N(C2C=CC=C(C3CCC(CC(=O)O)CC3)C=C2)CCO1. The van der Waals surface area contributed by atoms with Crippen molar-refractivity contribution in [1.29, 1.82) is 0 Å². The summed E-state index contributed by atoms with van der Waals surface area (Å²) in [4.78, 5) is 30.3. The van der Waals surface area contributed by atoms with Crippen LogP contribution in [0.25, 0.3) is 0 Å². The molecule has 0 bridgehead atoms. The number of carboxylic acid groups (broad SMARTS) is 1. The van der Waals surface area contributed by atoms with Crippen LogP contribution in [0.4, 0.5) is 0 Å². The Hall–Kier alpha value is -3.03. The summed E-state index contributed by atoms with van der Waals surface area (Å²) in [5, 5.41) is 11.9. The van der Waals surface area contributed by atoms with Gasteiger partial charge in [0.2, 0.25) is 0 Å². The van der Waals surface area contributed by atoms with E-state index in [0.717, 1.165) is 25.7 Å². The molecule has 3 aliphatic rings. The monoisotopic (exact) mass is 442 g/mol. The fourth-order valence-corrected chi connectivity index (χ4v) is 4.64. The molecule has 2 fully saturated rings. The second-order valence-electron chi connectivity index (χ2n) is 8.50. The van der Waals surface area contributed by atoms with Gasteiger partial charge in [-0.1, -0.05) is 30.4 Å². The quantitative estimate of drug-likeness (QED) is 0.563. The fourth-order valence-electron chi connectivity index (χ4n) is 4.64. The van der Waals surface area contributed by atoms with Crippen molar-refractivity contribution in [3.05, 3.63) is 47.3 Å². The number of hydrogen-bond donors (Lipinski definition) is 3. The molecule has 174 valence electrons. The molecule has 1 aliphatic heterocycles. The molecule has 8 heteroatoms. The number of nitrogens with one attached hydrogen (secondary N) is 1. The highest BCUT2D eigenvalue weighted by molar-refractivity contribution is 6.00. The molecule has 2 aliphatic carbocycles.